The van der Waals surface area contributed by atoms with Gasteiger partial charge in [0.2, 0.25) is 0 Å². The van der Waals surface area contributed by atoms with Crippen LogP contribution in [0.4, 0.5) is 0 Å². The summed E-state index contributed by atoms with van der Waals surface area (Å²) in [6.45, 7) is 1.99. The molecule has 15 heavy (non-hydrogen) atoms. The van der Waals surface area contributed by atoms with Gasteiger partial charge in [0.1, 0.15) is 0 Å². The Labute approximate surface area is 89.6 Å². The van der Waals surface area contributed by atoms with Gasteiger partial charge in [0.25, 0.3) is 0 Å². The van der Waals surface area contributed by atoms with Crippen molar-refractivity contribution in [2.45, 2.75) is 13.0 Å². The lowest BCUT2D eigenvalue weighted by atomic mass is 10.1. The molecular formula is C12H15N3. The van der Waals surface area contributed by atoms with Gasteiger partial charge in [-0.3, -0.25) is 0 Å². The van der Waals surface area contributed by atoms with E-state index in [2.05, 4.69) is 29.2 Å². The van der Waals surface area contributed by atoms with Crippen LogP contribution in [-0.4, -0.2) is 9.55 Å². The first-order valence-corrected chi connectivity index (χ1v) is 5.00. The van der Waals surface area contributed by atoms with Crippen LogP contribution in [0.2, 0.25) is 0 Å². The molecule has 3 heteroatoms. The molecule has 2 aromatic rings. The van der Waals surface area contributed by atoms with Gasteiger partial charge in [-0.25, -0.2) is 4.98 Å². The van der Waals surface area contributed by atoms with Crippen molar-refractivity contribution in [3.63, 3.8) is 0 Å². The Kier molecular flexibility index (Phi) is 2.56. The molecule has 2 rings (SSSR count). The third-order valence-electron chi connectivity index (χ3n) is 2.55. The first-order valence-electron chi connectivity index (χ1n) is 5.00. The fourth-order valence-corrected chi connectivity index (χ4v) is 1.59. The monoisotopic (exact) mass is 201 g/mol. The number of hydrogen-bond acceptors (Lipinski definition) is 2. The van der Waals surface area contributed by atoms with Gasteiger partial charge in [-0.1, -0.05) is 24.3 Å². The van der Waals surface area contributed by atoms with Gasteiger partial charge in [-0.15, -0.1) is 0 Å². The van der Waals surface area contributed by atoms with Crippen LogP contribution in [0.5, 0.6) is 0 Å². The summed E-state index contributed by atoms with van der Waals surface area (Å²) >= 11 is 0. The maximum absolute atomic E-state index is 5.79. The minimum Gasteiger partial charge on any atom is -0.334 e. The Hall–Kier alpha value is -1.61. The van der Waals surface area contributed by atoms with Gasteiger partial charge in [0.05, 0.1) is 18.2 Å². The number of imidazole rings is 1. The number of aryl methyl sites for hydroxylation is 1. The topological polar surface area (TPSA) is 43.8 Å². The SMILES string of the molecule is CC(N)c1ccc(-c2cncn2C)cc1. The van der Waals surface area contributed by atoms with E-state index in [-0.39, 0.29) is 6.04 Å². The van der Waals surface area contributed by atoms with Crippen molar-refractivity contribution in [2.24, 2.45) is 12.8 Å². The molecule has 2 N–H and O–H groups in total. The van der Waals surface area contributed by atoms with Crippen LogP contribution in [-0.2, 0) is 7.05 Å². The Bertz CT molecular complexity index is 440. The van der Waals surface area contributed by atoms with Gasteiger partial charge in [0, 0.05) is 13.1 Å². The lowest BCUT2D eigenvalue weighted by Gasteiger charge is -2.07. The summed E-state index contributed by atoms with van der Waals surface area (Å²) in [5, 5.41) is 0. The zero-order valence-electron chi connectivity index (χ0n) is 9.01. The molecule has 0 spiro atoms. The average molecular weight is 201 g/mol. The number of nitrogens with two attached hydrogens (primary N) is 1. The lowest BCUT2D eigenvalue weighted by molar-refractivity contribution is 0.818. The molecule has 1 atom stereocenters. The van der Waals surface area contributed by atoms with Crippen molar-refractivity contribution >= 4 is 0 Å². The summed E-state index contributed by atoms with van der Waals surface area (Å²) in [4.78, 5) is 4.09. The second-order valence-corrected chi connectivity index (χ2v) is 3.80. The molecule has 3 nitrogen and oxygen atoms in total. The smallest absolute Gasteiger partial charge is 0.0948 e. The fourth-order valence-electron chi connectivity index (χ4n) is 1.59. The number of hydrogen-bond donors (Lipinski definition) is 1. The minimum absolute atomic E-state index is 0.0885. The Morgan fingerprint density at radius 1 is 1.27 bits per heavy atom. The zero-order chi connectivity index (χ0) is 10.8. The van der Waals surface area contributed by atoms with Gasteiger partial charge in [-0.2, -0.15) is 0 Å². The molecule has 0 aliphatic heterocycles. The largest absolute Gasteiger partial charge is 0.334 e. The van der Waals surface area contributed by atoms with Crippen LogP contribution >= 0.6 is 0 Å². The van der Waals surface area contributed by atoms with Gasteiger partial charge < -0.3 is 10.3 Å². The first-order chi connectivity index (χ1) is 7.18. The summed E-state index contributed by atoms with van der Waals surface area (Å²) in [6, 6.07) is 8.37. The van der Waals surface area contributed by atoms with E-state index < -0.39 is 0 Å². The van der Waals surface area contributed by atoms with Crippen molar-refractivity contribution < 1.29 is 0 Å². The number of rotatable bonds is 2. The predicted molar refractivity (Wildman–Crippen MR) is 61.2 cm³/mol. The van der Waals surface area contributed by atoms with Crippen LogP contribution in [0.3, 0.4) is 0 Å². The van der Waals surface area contributed by atoms with Gasteiger partial charge in [-0.05, 0) is 18.1 Å². The fraction of sp³-hybridized carbons (Fsp3) is 0.250. The number of aromatic nitrogens is 2. The lowest BCUT2D eigenvalue weighted by Crippen LogP contribution is -2.04. The van der Waals surface area contributed by atoms with Crippen LogP contribution in [0.25, 0.3) is 11.3 Å². The standard InChI is InChI=1S/C12H15N3/c1-9(13)10-3-5-11(6-4-10)12-7-14-8-15(12)2/h3-9H,13H2,1-2H3. The van der Waals surface area contributed by atoms with E-state index in [4.69, 9.17) is 5.73 Å². The van der Waals surface area contributed by atoms with Crippen LogP contribution in [0.15, 0.2) is 36.8 Å². The maximum Gasteiger partial charge on any atom is 0.0948 e. The molecule has 1 aromatic heterocycles. The quantitative estimate of drug-likeness (QED) is 0.808. The number of nitrogens with zero attached hydrogens (tertiary/aromatic N) is 2. The van der Waals surface area contributed by atoms with Gasteiger partial charge >= 0.3 is 0 Å². The summed E-state index contributed by atoms with van der Waals surface area (Å²) in [5.74, 6) is 0. The minimum atomic E-state index is 0.0885. The second kappa shape index (κ2) is 3.87. The van der Waals surface area contributed by atoms with Crippen LogP contribution in [0, 0.1) is 0 Å². The molecule has 1 aromatic carbocycles. The predicted octanol–water partition coefficient (Wildman–Crippen LogP) is 2.11. The highest BCUT2D eigenvalue weighted by atomic mass is 15.0. The molecule has 0 aliphatic carbocycles. The molecule has 0 radical (unpaired) electrons. The van der Waals surface area contributed by atoms with Gasteiger partial charge in [0.15, 0.2) is 0 Å². The van der Waals surface area contributed by atoms with Crippen molar-refractivity contribution in [3.05, 3.63) is 42.4 Å². The van der Waals surface area contributed by atoms with Crippen molar-refractivity contribution in [3.8, 4) is 11.3 Å². The highest BCUT2D eigenvalue weighted by molar-refractivity contribution is 5.59. The normalized spacial score (nSPS) is 12.7. The van der Waals surface area contributed by atoms with E-state index in [0.717, 1.165) is 11.3 Å². The summed E-state index contributed by atoms with van der Waals surface area (Å²) < 4.78 is 2.00. The van der Waals surface area contributed by atoms with E-state index in [1.54, 1.807) is 6.33 Å². The molecule has 0 aliphatic rings. The van der Waals surface area contributed by atoms with Crippen molar-refractivity contribution in [2.75, 3.05) is 0 Å². The highest BCUT2D eigenvalue weighted by Crippen LogP contribution is 2.20. The molecule has 1 unspecified atom stereocenters. The summed E-state index contributed by atoms with van der Waals surface area (Å²) in [6.07, 6.45) is 3.66. The maximum atomic E-state index is 5.79. The van der Waals surface area contributed by atoms with Crippen LogP contribution in [0.1, 0.15) is 18.5 Å². The Morgan fingerprint density at radius 2 is 1.93 bits per heavy atom. The van der Waals surface area contributed by atoms with E-state index >= 15 is 0 Å². The summed E-state index contributed by atoms with van der Waals surface area (Å²) in [5.41, 5.74) is 9.23. The van der Waals surface area contributed by atoms with Crippen molar-refractivity contribution in [1.82, 2.24) is 9.55 Å². The van der Waals surface area contributed by atoms with E-state index in [9.17, 15) is 0 Å². The molecule has 0 saturated heterocycles. The molecular weight excluding hydrogens is 186 g/mol. The third-order valence-corrected chi connectivity index (χ3v) is 2.55. The van der Waals surface area contributed by atoms with E-state index in [1.807, 2.05) is 24.7 Å². The zero-order valence-corrected chi connectivity index (χ0v) is 9.01. The summed E-state index contributed by atoms with van der Waals surface area (Å²) in [7, 11) is 1.99. The Morgan fingerprint density at radius 3 is 2.40 bits per heavy atom. The number of benzene rings is 1. The molecule has 0 saturated carbocycles. The average Bonchev–Trinajstić information content (AvgIpc) is 2.65. The molecule has 0 fully saturated rings. The molecule has 78 valence electrons. The second-order valence-electron chi connectivity index (χ2n) is 3.80. The Balaban J connectivity index is 2.36. The molecule has 1 heterocycles. The van der Waals surface area contributed by atoms with E-state index in [0.29, 0.717) is 0 Å². The molecule has 0 bridgehead atoms. The van der Waals surface area contributed by atoms with E-state index in [1.165, 1.54) is 5.56 Å². The third kappa shape index (κ3) is 1.92. The first kappa shape index (κ1) is 9.93. The van der Waals surface area contributed by atoms with Crippen molar-refractivity contribution in [1.29, 1.82) is 0 Å². The molecule has 0 amide bonds. The highest BCUT2D eigenvalue weighted by Gasteiger charge is 2.03. The van der Waals surface area contributed by atoms with Crippen LogP contribution < -0.4 is 5.73 Å².